The van der Waals surface area contributed by atoms with Gasteiger partial charge in [0.25, 0.3) is 0 Å². The second-order valence-corrected chi connectivity index (χ2v) is 11.3. The highest BCUT2D eigenvalue weighted by Gasteiger charge is 2.29. The van der Waals surface area contributed by atoms with Gasteiger partial charge in [-0.15, -0.1) is 5.10 Å². The molecule has 0 saturated carbocycles. The molecule has 5 aromatic rings. The number of hydrogen-bond donors (Lipinski definition) is 1. The summed E-state index contributed by atoms with van der Waals surface area (Å²) < 4.78 is 17.3. The summed E-state index contributed by atoms with van der Waals surface area (Å²) in [6.45, 7) is 5.98. The molecule has 0 atom stereocenters. The van der Waals surface area contributed by atoms with Crippen molar-refractivity contribution < 1.29 is 9.47 Å². The maximum Gasteiger partial charge on any atom is 0.169 e. The molecule has 0 amide bonds. The molecule has 40 heavy (non-hydrogen) atoms. The maximum atomic E-state index is 6.17. The summed E-state index contributed by atoms with van der Waals surface area (Å²) >= 11 is 9.60. The second kappa shape index (κ2) is 11.5. The second-order valence-electron chi connectivity index (χ2n) is 9.99. The first-order valence-corrected chi connectivity index (χ1v) is 14.8. The summed E-state index contributed by atoms with van der Waals surface area (Å²) in [4.78, 5) is 0.640. The van der Waals surface area contributed by atoms with E-state index in [1.54, 1.807) is 0 Å². The summed E-state index contributed by atoms with van der Waals surface area (Å²) in [6, 6.07) is 24.5. The van der Waals surface area contributed by atoms with E-state index < -0.39 is 0 Å². The lowest BCUT2D eigenvalue weighted by atomic mass is 9.98. The SMILES string of the molecule is CCOc1ccc(-c2c3c4n(c(COc5ccc(Br)cc5)nn4c2C(=S)Nc2cccc(C)c2)CCCC3)cc1. The average molecular weight is 616 g/mol. The van der Waals surface area contributed by atoms with E-state index >= 15 is 0 Å². The van der Waals surface area contributed by atoms with Crippen LogP contribution >= 0.6 is 28.1 Å². The van der Waals surface area contributed by atoms with Crippen molar-refractivity contribution in [1.82, 2.24) is 14.2 Å². The van der Waals surface area contributed by atoms with Crippen molar-refractivity contribution in [2.75, 3.05) is 11.9 Å². The molecule has 2 aromatic heterocycles. The van der Waals surface area contributed by atoms with E-state index in [9.17, 15) is 0 Å². The predicted octanol–water partition coefficient (Wildman–Crippen LogP) is 7.98. The first-order chi connectivity index (χ1) is 19.5. The summed E-state index contributed by atoms with van der Waals surface area (Å²) in [5.41, 5.74) is 7.64. The lowest BCUT2D eigenvalue weighted by molar-refractivity contribution is 0.288. The molecule has 3 heterocycles. The Morgan fingerprint density at radius 3 is 2.50 bits per heavy atom. The molecule has 0 radical (unpaired) electrons. The van der Waals surface area contributed by atoms with Crippen LogP contribution in [-0.2, 0) is 19.6 Å². The Balaban J connectivity index is 1.47. The van der Waals surface area contributed by atoms with Gasteiger partial charge >= 0.3 is 0 Å². The summed E-state index contributed by atoms with van der Waals surface area (Å²) in [5, 5.41) is 8.62. The van der Waals surface area contributed by atoms with Crippen LogP contribution in [0.25, 0.3) is 16.8 Å². The molecule has 3 aromatic carbocycles. The Morgan fingerprint density at radius 2 is 1.75 bits per heavy atom. The molecule has 0 spiro atoms. The fraction of sp³-hybridized carbons (Fsp3) is 0.250. The number of benzene rings is 3. The molecule has 204 valence electrons. The van der Waals surface area contributed by atoms with Crippen molar-refractivity contribution in [3.8, 4) is 22.6 Å². The minimum Gasteiger partial charge on any atom is -0.494 e. The minimum atomic E-state index is 0.374. The predicted molar refractivity (Wildman–Crippen MR) is 168 cm³/mol. The first kappa shape index (κ1) is 26.6. The largest absolute Gasteiger partial charge is 0.494 e. The maximum absolute atomic E-state index is 6.17. The van der Waals surface area contributed by atoms with Crippen molar-refractivity contribution in [3.05, 3.63) is 99.9 Å². The van der Waals surface area contributed by atoms with Gasteiger partial charge in [0, 0.05) is 27.8 Å². The number of aryl methyl sites for hydroxylation is 3. The Hall–Kier alpha value is -3.62. The van der Waals surface area contributed by atoms with Crippen molar-refractivity contribution >= 4 is 44.5 Å². The molecular weight excluding hydrogens is 584 g/mol. The zero-order valence-electron chi connectivity index (χ0n) is 22.6. The number of aromatic nitrogens is 3. The van der Waals surface area contributed by atoms with Crippen LogP contribution in [0.3, 0.4) is 0 Å². The van der Waals surface area contributed by atoms with Crippen molar-refractivity contribution in [1.29, 1.82) is 0 Å². The molecule has 1 aliphatic rings. The normalized spacial score (nSPS) is 12.8. The van der Waals surface area contributed by atoms with Crippen LogP contribution in [0, 0.1) is 6.92 Å². The van der Waals surface area contributed by atoms with Crippen molar-refractivity contribution in [2.24, 2.45) is 0 Å². The van der Waals surface area contributed by atoms with Crippen molar-refractivity contribution in [3.63, 3.8) is 0 Å². The van der Waals surface area contributed by atoms with Crippen LogP contribution < -0.4 is 14.8 Å². The van der Waals surface area contributed by atoms with Gasteiger partial charge in [0.15, 0.2) is 5.82 Å². The number of hydrogen-bond acceptors (Lipinski definition) is 4. The molecule has 1 aliphatic heterocycles. The average Bonchev–Trinajstić information content (AvgIpc) is 3.35. The number of anilines is 1. The number of nitrogens with zero attached hydrogens (tertiary/aromatic N) is 3. The molecule has 0 bridgehead atoms. The van der Waals surface area contributed by atoms with Gasteiger partial charge in [-0.3, -0.25) is 0 Å². The quantitative estimate of drug-likeness (QED) is 0.180. The van der Waals surface area contributed by atoms with E-state index in [1.165, 1.54) is 11.1 Å². The standard InChI is InChI=1S/C32H31BrN4O2S/c1-3-38-25-14-10-22(11-15-25)29-27-9-4-5-18-36-28(20-39-26-16-12-23(33)13-17-26)35-37(32(27)36)30(29)31(40)34-24-8-6-7-21(2)19-24/h6-8,10-17,19H,3-5,9,18,20H2,1-2H3,(H,34,40). The third-order valence-corrected chi connectivity index (χ3v) is 8.01. The molecule has 0 saturated heterocycles. The van der Waals surface area contributed by atoms with Gasteiger partial charge < -0.3 is 19.4 Å². The Morgan fingerprint density at radius 1 is 1.00 bits per heavy atom. The van der Waals surface area contributed by atoms with E-state index in [4.69, 9.17) is 26.8 Å². The van der Waals surface area contributed by atoms with Crippen LogP contribution in [0.5, 0.6) is 11.5 Å². The van der Waals surface area contributed by atoms with Crippen LogP contribution in [0.1, 0.15) is 42.4 Å². The van der Waals surface area contributed by atoms with E-state index in [0.29, 0.717) is 18.2 Å². The van der Waals surface area contributed by atoms with Gasteiger partial charge in [-0.2, -0.15) is 0 Å². The fourth-order valence-corrected chi connectivity index (χ4v) is 5.98. The summed E-state index contributed by atoms with van der Waals surface area (Å²) in [7, 11) is 0. The Bertz CT molecular complexity index is 1670. The molecule has 1 N–H and O–H groups in total. The van der Waals surface area contributed by atoms with E-state index in [-0.39, 0.29) is 0 Å². The zero-order chi connectivity index (χ0) is 27.6. The van der Waals surface area contributed by atoms with Gasteiger partial charge in [-0.05, 0) is 92.8 Å². The highest BCUT2D eigenvalue weighted by atomic mass is 79.9. The molecule has 0 aliphatic carbocycles. The number of thiocarbonyl (C=S) groups is 1. The number of halogens is 1. The first-order valence-electron chi connectivity index (χ1n) is 13.6. The third kappa shape index (κ3) is 5.25. The van der Waals surface area contributed by atoms with Gasteiger partial charge in [-0.1, -0.05) is 52.4 Å². The lowest BCUT2D eigenvalue weighted by Crippen LogP contribution is -2.15. The molecule has 6 rings (SSSR count). The third-order valence-electron chi connectivity index (χ3n) is 7.19. The molecule has 0 unspecified atom stereocenters. The number of ether oxygens (including phenoxy) is 2. The lowest BCUT2D eigenvalue weighted by Gasteiger charge is -2.13. The Labute approximate surface area is 248 Å². The number of nitrogens with one attached hydrogen (secondary N) is 1. The van der Waals surface area contributed by atoms with Crippen LogP contribution in [0.2, 0.25) is 0 Å². The Kier molecular flexibility index (Phi) is 7.63. The highest BCUT2D eigenvalue weighted by molar-refractivity contribution is 9.10. The summed E-state index contributed by atoms with van der Waals surface area (Å²) in [5.74, 6) is 2.56. The number of rotatable bonds is 8. The topological polar surface area (TPSA) is 52.7 Å². The minimum absolute atomic E-state index is 0.374. The van der Waals surface area contributed by atoms with Gasteiger partial charge in [0.2, 0.25) is 0 Å². The monoisotopic (exact) mass is 614 g/mol. The van der Waals surface area contributed by atoms with E-state index in [0.717, 1.165) is 75.8 Å². The molecule has 6 nitrogen and oxygen atoms in total. The smallest absolute Gasteiger partial charge is 0.169 e. The molecular formula is C32H31BrN4O2S. The van der Waals surface area contributed by atoms with E-state index in [2.05, 4.69) is 57.0 Å². The van der Waals surface area contributed by atoms with Crippen LogP contribution in [-0.4, -0.2) is 25.8 Å². The molecule has 8 heteroatoms. The van der Waals surface area contributed by atoms with Gasteiger partial charge in [0.05, 0.1) is 6.61 Å². The van der Waals surface area contributed by atoms with Crippen LogP contribution in [0.4, 0.5) is 5.69 Å². The summed E-state index contributed by atoms with van der Waals surface area (Å²) in [6.07, 6.45) is 3.13. The van der Waals surface area contributed by atoms with Crippen LogP contribution in [0.15, 0.2) is 77.3 Å². The van der Waals surface area contributed by atoms with Crippen molar-refractivity contribution in [2.45, 2.75) is 46.3 Å². The zero-order valence-corrected chi connectivity index (χ0v) is 25.0. The molecule has 0 fully saturated rings. The van der Waals surface area contributed by atoms with Gasteiger partial charge in [0.1, 0.15) is 34.4 Å². The van der Waals surface area contributed by atoms with E-state index in [1.807, 2.05) is 60.0 Å². The van der Waals surface area contributed by atoms with Gasteiger partial charge in [-0.25, -0.2) is 4.52 Å². The fourth-order valence-electron chi connectivity index (χ4n) is 5.41. The highest BCUT2D eigenvalue weighted by Crippen LogP contribution is 2.38.